The topological polar surface area (TPSA) is 77.1 Å². The molecule has 0 atom stereocenters. The Morgan fingerprint density at radius 2 is 1.60 bits per heavy atom. The smallest absolute Gasteiger partial charge is 0.240 e. The van der Waals surface area contributed by atoms with E-state index < -0.39 is 10.0 Å². The standard InChI is InChI=1S/C21H28N2O5S.ClH/c1-26-18-5-7-19(8-6-18)29(24,25)22-10-4-11-23-12-9-16-13-20(27-2)21(28-3)14-17(16)15-23;/h5-8,13-14,22H,4,9-12,15H2,1-3H3;1H. The van der Waals surface area contributed by atoms with Crippen molar-refractivity contribution in [2.24, 2.45) is 0 Å². The normalized spacial score (nSPS) is 13.8. The first-order chi connectivity index (χ1) is 14.0. The Hall–Kier alpha value is -2.00. The van der Waals surface area contributed by atoms with Crippen molar-refractivity contribution in [3.8, 4) is 17.2 Å². The maximum absolute atomic E-state index is 12.4. The van der Waals surface area contributed by atoms with Gasteiger partial charge in [-0.2, -0.15) is 0 Å². The third-order valence-corrected chi connectivity index (χ3v) is 6.59. The number of halogens is 1. The van der Waals surface area contributed by atoms with Crippen LogP contribution < -0.4 is 18.9 Å². The summed E-state index contributed by atoms with van der Waals surface area (Å²) in [7, 11) is 1.32. The molecule has 2 aromatic rings. The minimum absolute atomic E-state index is 0. The molecule has 0 saturated heterocycles. The lowest BCUT2D eigenvalue weighted by Gasteiger charge is -2.29. The number of fused-ring (bicyclic) bond motifs is 1. The van der Waals surface area contributed by atoms with Gasteiger partial charge in [-0.1, -0.05) is 0 Å². The highest BCUT2D eigenvalue weighted by atomic mass is 35.5. The number of ether oxygens (including phenoxy) is 3. The maximum Gasteiger partial charge on any atom is 0.240 e. The molecule has 0 saturated carbocycles. The van der Waals surface area contributed by atoms with Crippen molar-refractivity contribution in [2.45, 2.75) is 24.3 Å². The van der Waals surface area contributed by atoms with Crippen molar-refractivity contribution in [2.75, 3.05) is 41.0 Å². The molecule has 3 rings (SSSR count). The van der Waals surface area contributed by atoms with Crippen molar-refractivity contribution < 1.29 is 22.6 Å². The van der Waals surface area contributed by atoms with E-state index in [1.165, 1.54) is 11.1 Å². The predicted molar refractivity (Wildman–Crippen MR) is 119 cm³/mol. The Kier molecular flexibility index (Phi) is 8.78. The highest BCUT2D eigenvalue weighted by Gasteiger charge is 2.19. The summed E-state index contributed by atoms with van der Waals surface area (Å²) in [6.45, 7) is 2.97. The fraction of sp³-hybridized carbons (Fsp3) is 0.429. The molecule has 166 valence electrons. The fourth-order valence-electron chi connectivity index (χ4n) is 3.48. The quantitative estimate of drug-likeness (QED) is 0.585. The number of hydrogen-bond donors (Lipinski definition) is 1. The zero-order valence-corrected chi connectivity index (χ0v) is 19.1. The average molecular weight is 457 g/mol. The van der Waals surface area contributed by atoms with Gasteiger partial charge in [0.1, 0.15) is 5.75 Å². The van der Waals surface area contributed by atoms with Crippen LogP contribution in [-0.4, -0.2) is 54.3 Å². The Labute approximate surface area is 184 Å². The molecule has 1 N–H and O–H groups in total. The Morgan fingerprint density at radius 1 is 0.967 bits per heavy atom. The molecular formula is C21H29ClN2O5S. The van der Waals surface area contributed by atoms with E-state index in [1.54, 1.807) is 45.6 Å². The molecule has 9 heteroatoms. The molecule has 0 fully saturated rings. The van der Waals surface area contributed by atoms with Gasteiger partial charge in [0, 0.05) is 19.6 Å². The lowest BCUT2D eigenvalue weighted by molar-refractivity contribution is 0.250. The second kappa shape index (κ2) is 10.9. The van der Waals surface area contributed by atoms with E-state index in [9.17, 15) is 8.42 Å². The van der Waals surface area contributed by atoms with Gasteiger partial charge in [0.25, 0.3) is 0 Å². The van der Waals surface area contributed by atoms with Crippen LogP contribution in [0.15, 0.2) is 41.3 Å². The molecule has 1 aliphatic rings. The van der Waals surface area contributed by atoms with E-state index in [0.717, 1.165) is 44.0 Å². The molecule has 0 spiro atoms. The van der Waals surface area contributed by atoms with E-state index >= 15 is 0 Å². The van der Waals surface area contributed by atoms with Crippen molar-refractivity contribution in [3.05, 3.63) is 47.5 Å². The van der Waals surface area contributed by atoms with Crippen LogP contribution >= 0.6 is 12.4 Å². The molecule has 1 aliphatic heterocycles. The van der Waals surface area contributed by atoms with Crippen LogP contribution in [-0.2, 0) is 23.0 Å². The van der Waals surface area contributed by atoms with E-state index in [2.05, 4.69) is 15.7 Å². The summed E-state index contributed by atoms with van der Waals surface area (Å²) in [6, 6.07) is 10.5. The van der Waals surface area contributed by atoms with Gasteiger partial charge in [0.15, 0.2) is 11.5 Å². The third-order valence-electron chi connectivity index (χ3n) is 5.11. The number of nitrogens with zero attached hydrogens (tertiary/aromatic N) is 1. The summed E-state index contributed by atoms with van der Waals surface area (Å²) >= 11 is 0. The van der Waals surface area contributed by atoms with Gasteiger partial charge >= 0.3 is 0 Å². The van der Waals surface area contributed by atoms with Crippen LogP contribution in [0.25, 0.3) is 0 Å². The number of nitrogens with one attached hydrogen (secondary N) is 1. The molecule has 0 bridgehead atoms. The number of benzene rings is 2. The first-order valence-corrected chi connectivity index (χ1v) is 11.0. The van der Waals surface area contributed by atoms with Crippen molar-refractivity contribution in [3.63, 3.8) is 0 Å². The van der Waals surface area contributed by atoms with Crippen LogP contribution in [0.3, 0.4) is 0 Å². The van der Waals surface area contributed by atoms with E-state index in [-0.39, 0.29) is 17.3 Å². The zero-order valence-electron chi connectivity index (χ0n) is 17.5. The average Bonchev–Trinajstić information content (AvgIpc) is 2.75. The molecule has 0 aromatic heterocycles. The molecule has 2 aromatic carbocycles. The third kappa shape index (κ3) is 5.78. The van der Waals surface area contributed by atoms with Crippen LogP contribution in [0.1, 0.15) is 17.5 Å². The minimum atomic E-state index is -3.51. The lowest BCUT2D eigenvalue weighted by Crippen LogP contribution is -2.33. The maximum atomic E-state index is 12.4. The van der Waals surface area contributed by atoms with Gasteiger partial charge in [0.05, 0.1) is 26.2 Å². The largest absolute Gasteiger partial charge is 0.497 e. The Balaban J connectivity index is 0.00000320. The molecule has 7 nitrogen and oxygen atoms in total. The molecule has 1 heterocycles. The number of sulfonamides is 1. The monoisotopic (exact) mass is 456 g/mol. The summed E-state index contributed by atoms with van der Waals surface area (Å²) in [4.78, 5) is 2.57. The van der Waals surface area contributed by atoms with Gasteiger partial charge in [-0.05, 0) is 66.9 Å². The van der Waals surface area contributed by atoms with Crippen LogP contribution in [0, 0.1) is 0 Å². The summed E-state index contributed by atoms with van der Waals surface area (Å²) in [6.07, 6.45) is 1.67. The van der Waals surface area contributed by atoms with E-state index in [0.29, 0.717) is 12.3 Å². The summed E-state index contributed by atoms with van der Waals surface area (Å²) in [5, 5.41) is 0. The summed E-state index contributed by atoms with van der Waals surface area (Å²) in [5.41, 5.74) is 2.51. The second-order valence-electron chi connectivity index (χ2n) is 6.93. The molecule has 0 aliphatic carbocycles. The highest BCUT2D eigenvalue weighted by molar-refractivity contribution is 7.89. The molecule has 0 radical (unpaired) electrons. The number of methoxy groups -OCH3 is 3. The van der Waals surface area contributed by atoms with Crippen LogP contribution in [0.4, 0.5) is 0 Å². The van der Waals surface area contributed by atoms with Crippen molar-refractivity contribution in [1.29, 1.82) is 0 Å². The number of rotatable bonds is 9. The summed E-state index contributed by atoms with van der Waals surface area (Å²) < 4.78 is 43.3. The number of hydrogen-bond acceptors (Lipinski definition) is 6. The molecular weight excluding hydrogens is 428 g/mol. The lowest BCUT2D eigenvalue weighted by atomic mass is 9.98. The van der Waals surface area contributed by atoms with Crippen molar-refractivity contribution in [1.82, 2.24) is 9.62 Å². The molecule has 0 unspecified atom stereocenters. The SMILES string of the molecule is COc1ccc(S(=O)(=O)NCCCN2CCc3cc(OC)c(OC)cc3C2)cc1.Cl. The first kappa shape index (κ1) is 24.3. The fourth-order valence-corrected chi connectivity index (χ4v) is 4.55. The zero-order chi connectivity index (χ0) is 20.9. The Bertz CT molecular complexity index is 935. The molecule has 0 amide bonds. The van der Waals surface area contributed by atoms with E-state index in [4.69, 9.17) is 14.2 Å². The van der Waals surface area contributed by atoms with Gasteiger partial charge in [-0.25, -0.2) is 13.1 Å². The summed E-state index contributed by atoms with van der Waals surface area (Å²) in [5.74, 6) is 2.12. The second-order valence-corrected chi connectivity index (χ2v) is 8.70. The first-order valence-electron chi connectivity index (χ1n) is 9.56. The van der Waals surface area contributed by atoms with Crippen LogP contribution in [0.2, 0.25) is 0 Å². The minimum Gasteiger partial charge on any atom is -0.497 e. The van der Waals surface area contributed by atoms with Crippen molar-refractivity contribution >= 4 is 22.4 Å². The van der Waals surface area contributed by atoms with Gasteiger partial charge in [0.2, 0.25) is 10.0 Å². The Morgan fingerprint density at radius 3 is 2.20 bits per heavy atom. The van der Waals surface area contributed by atoms with Gasteiger partial charge < -0.3 is 14.2 Å². The van der Waals surface area contributed by atoms with E-state index in [1.807, 2.05) is 6.07 Å². The molecule has 30 heavy (non-hydrogen) atoms. The van der Waals surface area contributed by atoms with Crippen LogP contribution in [0.5, 0.6) is 17.2 Å². The highest BCUT2D eigenvalue weighted by Crippen LogP contribution is 2.33. The van der Waals surface area contributed by atoms with Gasteiger partial charge in [-0.15, -0.1) is 12.4 Å². The predicted octanol–water partition coefficient (Wildman–Crippen LogP) is 2.86. The van der Waals surface area contributed by atoms with Gasteiger partial charge in [-0.3, -0.25) is 4.90 Å².